The summed E-state index contributed by atoms with van der Waals surface area (Å²) in [5, 5.41) is 15.6. The third-order valence-electron chi connectivity index (χ3n) is 3.13. The van der Waals surface area contributed by atoms with E-state index in [0.29, 0.717) is 10.7 Å². The Labute approximate surface area is 150 Å². The van der Waals surface area contributed by atoms with Gasteiger partial charge in [0.05, 0.1) is 26.2 Å². The molecular formula is C16H11BrN4O2S. The van der Waals surface area contributed by atoms with Gasteiger partial charge in [-0.1, -0.05) is 53.8 Å². The minimum absolute atomic E-state index is 0.00773. The van der Waals surface area contributed by atoms with Crippen LogP contribution in [0.2, 0.25) is 0 Å². The van der Waals surface area contributed by atoms with E-state index in [-0.39, 0.29) is 5.69 Å². The summed E-state index contributed by atoms with van der Waals surface area (Å²) in [5.74, 6) is 0. The third kappa shape index (κ3) is 3.66. The highest BCUT2D eigenvalue weighted by molar-refractivity contribution is 9.11. The first-order valence-electron chi connectivity index (χ1n) is 6.89. The van der Waals surface area contributed by atoms with Gasteiger partial charge < -0.3 is 0 Å². The maximum absolute atomic E-state index is 11.0. The van der Waals surface area contributed by atoms with Gasteiger partial charge in [0.2, 0.25) is 5.13 Å². The Balaban J connectivity index is 1.78. The highest BCUT2D eigenvalue weighted by Crippen LogP contribution is 2.35. The summed E-state index contributed by atoms with van der Waals surface area (Å²) in [6.45, 7) is 0. The number of nitrogens with one attached hydrogen (secondary N) is 1. The Morgan fingerprint density at radius 2 is 1.88 bits per heavy atom. The zero-order valence-electron chi connectivity index (χ0n) is 12.2. The first-order chi connectivity index (χ1) is 11.6. The van der Waals surface area contributed by atoms with Crippen molar-refractivity contribution in [2.45, 2.75) is 0 Å². The summed E-state index contributed by atoms with van der Waals surface area (Å²) in [4.78, 5) is 15.0. The second kappa shape index (κ2) is 7.33. The van der Waals surface area contributed by atoms with Crippen LogP contribution >= 0.6 is 27.3 Å². The number of hydrogen-bond acceptors (Lipinski definition) is 6. The molecule has 0 amide bonds. The van der Waals surface area contributed by atoms with Gasteiger partial charge in [0, 0.05) is 11.6 Å². The van der Waals surface area contributed by atoms with E-state index < -0.39 is 4.92 Å². The number of para-hydroxylation sites is 1. The van der Waals surface area contributed by atoms with Gasteiger partial charge in [-0.15, -0.1) is 0 Å². The highest BCUT2D eigenvalue weighted by atomic mass is 79.9. The van der Waals surface area contributed by atoms with E-state index in [1.807, 2.05) is 30.3 Å². The molecule has 0 aliphatic carbocycles. The molecule has 0 aliphatic rings. The maximum Gasteiger partial charge on any atom is 0.278 e. The first kappa shape index (κ1) is 16.3. The summed E-state index contributed by atoms with van der Waals surface area (Å²) in [6.07, 6.45) is 1.41. The fraction of sp³-hybridized carbons (Fsp3) is 0. The molecule has 3 aromatic rings. The highest BCUT2D eigenvalue weighted by Gasteiger charge is 2.11. The van der Waals surface area contributed by atoms with Crippen LogP contribution in [0.1, 0.15) is 5.56 Å². The summed E-state index contributed by atoms with van der Waals surface area (Å²) < 4.78 is 0.886. The van der Waals surface area contributed by atoms with Crippen molar-refractivity contribution >= 4 is 44.3 Å². The molecule has 0 radical (unpaired) electrons. The molecular weight excluding hydrogens is 392 g/mol. The summed E-state index contributed by atoms with van der Waals surface area (Å²) in [7, 11) is 0. The first-order valence-corrected chi connectivity index (χ1v) is 8.50. The lowest BCUT2D eigenvalue weighted by Crippen LogP contribution is -1.96. The molecule has 2 aromatic carbocycles. The van der Waals surface area contributed by atoms with E-state index in [1.165, 1.54) is 23.6 Å². The number of nitrogens with zero attached hydrogens (tertiary/aromatic N) is 3. The Bertz CT molecular complexity index is 896. The van der Waals surface area contributed by atoms with Crippen LogP contribution in [0.25, 0.3) is 11.3 Å². The summed E-state index contributed by atoms with van der Waals surface area (Å²) >= 11 is 4.90. The van der Waals surface area contributed by atoms with Crippen LogP contribution in [-0.4, -0.2) is 16.1 Å². The molecule has 0 atom stereocenters. The number of nitro groups is 1. The monoisotopic (exact) mass is 402 g/mol. The van der Waals surface area contributed by atoms with E-state index in [2.05, 4.69) is 31.4 Å². The second-order valence-corrected chi connectivity index (χ2v) is 7.01. The number of hydrazone groups is 1. The SMILES string of the molecule is O=[N+]([O-])c1ccccc1C=NNc1nc(-c2ccccc2)c(Br)s1. The predicted molar refractivity (Wildman–Crippen MR) is 99.6 cm³/mol. The van der Waals surface area contributed by atoms with Crippen LogP contribution < -0.4 is 5.43 Å². The molecule has 0 fully saturated rings. The molecule has 1 N–H and O–H groups in total. The molecule has 0 aliphatic heterocycles. The molecule has 1 heterocycles. The maximum atomic E-state index is 11.0. The van der Waals surface area contributed by atoms with Gasteiger partial charge in [-0.05, 0) is 22.0 Å². The van der Waals surface area contributed by atoms with Crippen molar-refractivity contribution < 1.29 is 4.92 Å². The normalized spacial score (nSPS) is 10.9. The Morgan fingerprint density at radius 1 is 1.17 bits per heavy atom. The van der Waals surface area contributed by atoms with Crippen LogP contribution in [0.3, 0.4) is 0 Å². The number of halogens is 1. The molecule has 0 saturated heterocycles. The second-order valence-electron chi connectivity index (χ2n) is 4.69. The molecule has 0 bridgehead atoms. The van der Waals surface area contributed by atoms with Gasteiger partial charge in [0.25, 0.3) is 5.69 Å². The van der Waals surface area contributed by atoms with Crippen molar-refractivity contribution in [2.24, 2.45) is 5.10 Å². The predicted octanol–water partition coefficient (Wildman–Crippen LogP) is 4.93. The Kier molecular flexibility index (Phi) is 4.97. The Morgan fingerprint density at radius 3 is 2.62 bits per heavy atom. The lowest BCUT2D eigenvalue weighted by atomic mass is 10.2. The number of thiazole rings is 1. The fourth-order valence-electron chi connectivity index (χ4n) is 2.04. The minimum atomic E-state index is -0.436. The molecule has 0 unspecified atom stereocenters. The van der Waals surface area contributed by atoms with E-state index >= 15 is 0 Å². The Hall–Kier alpha value is -2.58. The van der Waals surface area contributed by atoms with E-state index in [1.54, 1.807) is 18.2 Å². The smallest absolute Gasteiger partial charge is 0.258 e. The molecule has 24 heavy (non-hydrogen) atoms. The van der Waals surface area contributed by atoms with Gasteiger partial charge in [0.15, 0.2) is 0 Å². The fourth-order valence-corrected chi connectivity index (χ4v) is 3.49. The van der Waals surface area contributed by atoms with E-state index in [4.69, 9.17) is 0 Å². The lowest BCUT2D eigenvalue weighted by molar-refractivity contribution is -0.385. The van der Waals surface area contributed by atoms with E-state index in [0.717, 1.165) is 15.0 Å². The quantitative estimate of drug-likeness (QED) is 0.372. The van der Waals surface area contributed by atoms with Crippen LogP contribution in [0.15, 0.2) is 63.5 Å². The molecule has 1 aromatic heterocycles. The number of rotatable bonds is 5. The lowest BCUT2D eigenvalue weighted by Gasteiger charge is -1.97. The van der Waals surface area contributed by atoms with Gasteiger partial charge in [0.1, 0.15) is 0 Å². The number of benzene rings is 2. The third-order valence-corrected chi connectivity index (χ3v) is 4.74. The van der Waals surface area contributed by atoms with Crippen LogP contribution in [-0.2, 0) is 0 Å². The van der Waals surface area contributed by atoms with Gasteiger partial charge in [-0.25, -0.2) is 4.98 Å². The van der Waals surface area contributed by atoms with Crippen LogP contribution in [0.4, 0.5) is 10.8 Å². The molecule has 6 nitrogen and oxygen atoms in total. The number of nitro benzene ring substituents is 1. The summed E-state index contributed by atoms with van der Waals surface area (Å²) in [6, 6.07) is 16.2. The van der Waals surface area contributed by atoms with E-state index in [9.17, 15) is 10.1 Å². The molecule has 3 rings (SSSR count). The van der Waals surface area contributed by atoms with Gasteiger partial charge >= 0.3 is 0 Å². The van der Waals surface area contributed by atoms with Gasteiger partial charge in [-0.3, -0.25) is 15.5 Å². The number of aromatic nitrogens is 1. The number of anilines is 1. The van der Waals surface area contributed by atoms with Crippen molar-refractivity contribution in [2.75, 3.05) is 5.43 Å². The van der Waals surface area contributed by atoms with Crippen molar-refractivity contribution in [1.29, 1.82) is 0 Å². The number of hydrogen-bond donors (Lipinski definition) is 1. The van der Waals surface area contributed by atoms with Gasteiger partial charge in [-0.2, -0.15) is 5.10 Å². The minimum Gasteiger partial charge on any atom is -0.258 e. The van der Waals surface area contributed by atoms with Crippen molar-refractivity contribution in [3.63, 3.8) is 0 Å². The molecule has 0 spiro atoms. The van der Waals surface area contributed by atoms with Crippen LogP contribution in [0, 0.1) is 10.1 Å². The molecule has 120 valence electrons. The van der Waals surface area contributed by atoms with Crippen molar-refractivity contribution in [3.05, 3.63) is 74.1 Å². The molecule has 8 heteroatoms. The van der Waals surface area contributed by atoms with Crippen molar-refractivity contribution in [3.8, 4) is 11.3 Å². The van der Waals surface area contributed by atoms with Crippen molar-refractivity contribution in [1.82, 2.24) is 4.98 Å². The largest absolute Gasteiger partial charge is 0.278 e. The zero-order chi connectivity index (χ0) is 16.9. The van der Waals surface area contributed by atoms with Crippen LogP contribution in [0.5, 0.6) is 0 Å². The topological polar surface area (TPSA) is 80.4 Å². The standard InChI is InChI=1S/C16H11BrN4O2S/c17-15-14(11-6-2-1-3-7-11)19-16(24-15)20-18-10-12-8-4-5-9-13(12)21(22)23/h1-10H,(H,19,20). The summed E-state index contributed by atoms with van der Waals surface area (Å²) in [5.41, 5.74) is 5.07. The average Bonchev–Trinajstić information content (AvgIpc) is 2.97. The zero-order valence-corrected chi connectivity index (χ0v) is 14.6. The average molecular weight is 403 g/mol. The molecule has 0 saturated carbocycles.